The first kappa shape index (κ1) is 14.1. The zero-order valence-corrected chi connectivity index (χ0v) is 12.1. The molecular weight excluding hydrogens is 240 g/mol. The number of piperidine rings is 1. The molecule has 5 nitrogen and oxygen atoms in total. The molecule has 1 N–H and O–H groups in total. The van der Waals surface area contributed by atoms with Gasteiger partial charge in [-0.2, -0.15) is 4.98 Å². The molecule has 1 saturated heterocycles. The van der Waals surface area contributed by atoms with Crippen LogP contribution in [0.3, 0.4) is 0 Å². The van der Waals surface area contributed by atoms with Crippen molar-refractivity contribution in [1.29, 1.82) is 0 Å². The molecule has 106 valence electrons. The van der Waals surface area contributed by atoms with Crippen molar-refractivity contribution in [3.05, 3.63) is 11.8 Å². The lowest BCUT2D eigenvalue weighted by Crippen LogP contribution is -2.34. The van der Waals surface area contributed by atoms with Crippen LogP contribution in [0.15, 0.2) is 6.07 Å². The predicted octanol–water partition coefficient (Wildman–Crippen LogP) is 2.08. The van der Waals surface area contributed by atoms with Gasteiger partial charge in [-0.1, -0.05) is 6.92 Å². The van der Waals surface area contributed by atoms with E-state index in [0.29, 0.717) is 6.61 Å². The number of methoxy groups -OCH3 is 1. The molecule has 0 bridgehead atoms. The van der Waals surface area contributed by atoms with Gasteiger partial charge in [0, 0.05) is 38.5 Å². The van der Waals surface area contributed by atoms with E-state index in [2.05, 4.69) is 27.1 Å². The minimum atomic E-state index is 0.680. The summed E-state index contributed by atoms with van der Waals surface area (Å²) in [4.78, 5) is 11.4. The molecule has 0 atom stereocenters. The first-order valence-electron chi connectivity index (χ1n) is 7.02. The SMILES string of the molecule is COCCNc1cc(C)nc(N2CCC(C)CC2)n1. The zero-order chi connectivity index (χ0) is 13.7. The van der Waals surface area contributed by atoms with Crippen LogP contribution in [-0.2, 0) is 4.74 Å². The molecule has 2 heterocycles. The normalized spacial score (nSPS) is 16.7. The molecule has 0 radical (unpaired) electrons. The third kappa shape index (κ3) is 4.06. The minimum Gasteiger partial charge on any atom is -0.383 e. The molecule has 0 aliphatic carbocycles. The summed E-state index contributed by atoms with van der Waals surface area (Å²) in [6, 6.07) is 1.98. The van der Waals surface area contributed by atoms with Gasteiger partial charge in [-0.05, 0) is 25.7 Å². The molecular formula is C14H24N4O. The summed E-state index contributed by atoms with van der Waals surface area (Å²) in [5.74, 6) is 2.56. The fraction of sp³-hybridized carbons (Fsp3) is 0.714. The van der Waals surface area contributed by atoms with Gasteiger partial charge < -0.3 is 15.0 Å². The summed E-state index contributed by atoms with van der Waals surface area (Å²) in [7, 11) is 1.70. The highest BCUT2D eigenvalue weighted by Gasteiger charge is 2.18. The Balaban J connectivity index is 2.03. The smallest absolute Gasteiger partial charge is 0.227 e. The summed E-state index contributed by atoms with van der Waals surface area (Å²) in [6.45, 7) is 7.89. The van der Waals surface area contributed by atoms with Gasteiger partial charge in [-0.3, -0.25) is 0 Å². The molecule has 0 aromatic carbocycles. The molecule has 1 aliphatic rings. The molecule has 0 spiro atoms. The molecule has 5 heteroatoms. The van der Waals surface area contributed by atoms with E-state index in [1.807, 2.05) is 13.0 Å². The van der Waals surface area contributed by atoms with E-state index in [1.165, 1.54) is 12.8 Å². The zero-order valence-electron chi connectivity index (χ0n) is 12.1. The Hall–Kier alpha value is -1.36. The van der Waals surface area contributed by atoms with E-state index in [1.54, 1.807) is 7.11 Å². The summed E-state index contributed by atoms with van der Waals surface area (Å²) < 4.78 is 5.04. The van der Waals surface area contributed by atoms with E-state index >= 15 is 0 Å². The molecule has 1 aliphatic heterocycles. The summed E-state index contributed by atoms with van der Waals surface area (Å²) in [5, 5.41) is 3.27. The third-order valence-corrected chi connectivity index (χ3v) is 3.52. The van der Waals surface area contributed by atoms with Gasteiger partial charge in [0.15, 0.2) is 0 Å². The lowest BCUT2D eigenvalue weighted by molar-refractivity contribution is 0.210. The van der Waals surface area contributed by atoms with Gasteiger partial charge in [0.1, 0.15) is 5.82 Å². The van der Waals surface area contributed by atoms with E-state index in [9.17, 15) is 0 Å². The van der Waals surface area contributed by atoms with Crippen LogP contribution in [0.5, 0.6) is 0 Å². The second-order valence-electron chi connectivity index (χ2n) is 5.28. The highest BCUT2D eigenvalue weighted by atomic mass is 16.5. The number of aryl methyl sites for hydroxylation is 1. The van der Waals surface area contributed by atoms with Crippen LogP contribution < -0.4 is 10.2 Å². The maximum absolute atomic E-state index is 5.04. The Morgan fingerprint density at radius 1 is 1.37 bits per heavy atom. The summed E-state index contributed by atoms with van der Waals surface area (Å²) >= 11 is 0. The van der Waals surface area contributed by atoms with Crippen LogP contribution in [0, 0.1) is 12.8 Å². The Morgan fingerprint density at radius 3 is 2.79 bits per heavy atom. The lowest BCUT2D eigenvalue weighted by Gasteiger charge is -2.30. The van der Waals surface area contributed by atoms with Crippen LogP contribution in [0.4, 0.5) is 11.8 Å². The van der Waals surface area contributed by atoms with Gasteiger partial charge in [-0.15, -0.1) is 0 Å². The number of nitrogens with one attached hydrogen (secondary N) is 1. The molecule has 2 rings (SSSR count). The van der Waals surface area contributed by atoms with Crippen LogP contribution in [0.25, 0.3) is 0 Å². The lowest BCUT2D eigenvalue weighted by atomic mass is 10.00. The first-order valence-corrected chi connectivity index (χ1v) is 7.02. The Labute approximate surface area is 115 Å². The topological polar surface area (TPSA) is 50.3 Å². The van der Waals surface area contributed by atoms with Crippen molar-refractivity contribution in [2.45, 2.75) is 26.7 Å². The van der Waals surface area contributed by atoms with Crippen LogP contribution in [0.1, 0.15) is 25.5 Å². The molecule has 1 aromatic rings. The van der Waals surface area contributed by atoms with E-state index in [4.69, 9.17) is 4.74 Å². The van der Waals surface area contributed by atoms with Crippen LogP contribution in [0.2, 0.25) is 0 Å². The fourth-order valence-corrected chi connectivity index (χ4v) is 2.27. The van der Waals surface area contributed by atoms with Crippen molar-refractivity contribution >= 4 is 11.8 Å². The van der Waals surface area contributed by atoms with Crippen LogP contribution in [-0.4, -0.2) is 43.3 Å². The maximum atomic E-state index is 5.04. The number of hydrogen-bond donors (Lipinski definition) is 1. The van der Waals surface area contributed by atoms with Gasteiger partial charge in [-0.25, -0.2) is 4.98 Å². The van der Waals surface area contributed by atoms with Gasteiger partial charge in [0.05, 0.1) is 6.61 Å². The molecule has 19 heavy (non-hydrogen) atoms. The Morgan fingerprint density at radius 2 is 2.11 bits per heavy atom. The predicted molar refractivity (Wildman–Crippen MR) is 77.7 cm³/mol. The van der Waals surface area contributed by atoms with Crippen molar-refractivity contribution < 1.29 is 4.74 Å². The Bertz CT molecular complexity index is 402. The minimum absolute atomic E-state index is 0.680. The molecule has 1 fully saturated rings. The van der Waals surface area contributed by atoms with E-state index < -0.39 is 0 Å². The van der Waals surface area contributed by atoms with Gasteiger partial charge >= 0.3 is 0 Å². The second kappa shape index (κ2) is 6.70. The molecule has 0 saturated carbocycles. The maximum Gasteiger partial charge on any atom is 0.227 e. The van der Waals surface area contributed by atoms with Crippen molar-refractivity contribution in [3.8, 4) is 0 Å². The number of ether oxygens (including phenoxy) is 1. The Kier molecular flexibility index (Phi) is 4.96. The monoisotopic (exact) mass is 264 g/mol. The van der Waals surface area contributed by atoms with Crippen molar-refractivity contribution in [2.24, 2.45) is 5.92 Å². The van der Waals surface area contributed by atoms with Crippen LogP contribution >= 0.6 is 0 Å². The quantitative estimate of drug-likeness (QED) is 0.825. The first-order chi connectivity index (χ1) is 9.19. The second-order valence-corrected chi connectivity index (χ2v) is 5.28. The molecule has 1 aromatic heterocycles. The van der Waals surface area contributed by atoms with Crippen molar-refractivity contribution in [3.63, 3.8) is 0 Å². The van der Waals surface area contributed by atoms with E-state index in [0.717, 1.165) is 43.0 Å². The summed E-state index contributed by atoms with van der Waals surface area (Å²) in [6.07, 6.45) is 2.45. The fourth-order valence-electron chi connectivity index (χ4n) is 2.27. The highest BCUT2D eigenvalue weighted by molar-refractivity contribution is 5.43. The highest BCUT2D eigenvalue weighted by Crippen LogP contribution is 2.21. The average Bonchev–Trinajstić information content (AvgIpc) is 2.39. The number of anilines is 2. The number of aromatic nitrogens is 2. The van der Waals surface area contributed by atoms with E-state index in [-0.39, 0.29) is 0 Å². The average molecular weight is 264 g/mol. The number of nitrogens with zero attached hydrogens (tertiary/aromatic N) is 3. The van der Waals surface area contributed by atoms with Gasteiger partial charge in [0.2, 0.25) is 5.95 Å². The number of hydrogen-bond acceptors (Lipinski definition) is 5. The van der Waals surface area contributed by atoms with Crippen molar-refractivity contribution in [2.75, 3.05) is 43.6 Å². The standard InChI is InChI=1S/C14H24N4O/c1-11-4-7-18(8-5-11)14-16-12(2)10-13(17-14)15-6-9-19-3/h10-11H,4-9H2,1-3H3,(H,15,16,17). The molecule has 0 unspecified atom stereocenters. The van der Waals surface area contributed by atoms with Gasteiger partial charge in [0.25, 0.3) is 0 Å². The van der Waals surface area contributed by atoms with Crippen molar-refractivity contribution in [1.82, 2.24) is 9.97 Å². The largest absolute Gasteiger partial charge is 0.383 e. The number of rotatable bonds is 5. The molecule has 0 amide bonds. The third-order valence-electron chi connectivity index (χ3n) is 3.52. The summed E-state index contributed by atoms with van der Waals surface area (Å²) in [5.41, 5.74) is 1.00.